The maximum atomic E-state index is 12.4. The minimum atomic E-state index is -4.03. The molecule has 0 bridgehead atoms. The van der Waals surface area contributed by atoms with Gasteiger partial charge in [0.1, 0.15) is 0 Å². The van der Waals surface area contributed by atoms with E-state index in [1.807, 2.05) is 6.92 Å². The van der Waals surface area contributed by atoms with Gasteiger partial charge in [0, 0.05) is 6.54 Å². The number of likely N-dealkylation sites (tertiary alicyclic amines) is 2. The molecule has 2 saturated heterocycles. The number of rotatable bonds is 4. The van der Waals surface area contributed by atoms with Crippen LogP contribution in [0, 0.1) is 6.92 Å². The van der Waals surface area contributed by atoms with E-state index in [0.29, 0.717) is 19.4 Å². The maximum Gasteiger partial charge on any atom is 0.407 e. The molecule has 1 aromatic rings. The average molecular weight is 398 g/mol. The van der Waals surface area contributed by atoms with Crippen molar-refractivity contribution < 1.29 is 32.4 Å². The van der Waals surface area contributed by atoms with Gasteiger partial charge in [-0.3, -0.25) is 9.08 Å². The highest BCUT2D eigenvalue weighted by atomic mass is 32.2. The van der Waals surface area contributed by atoms with E-state index in [-0.39, 0.29) is 17.9 Å². The van der Waals surface area contributed by atoms with Gasteiger partial charge in [-0.2, -0.15) is 8.42 Å². The second kappa shape index (κ2) is 7.35. The van der Waals surface area contributed by atoms with Crippen LogP contribution in [0.5, 0.6) is 0 Å². The molecule has 2 N–H and O–H groups in total. The Bertz CT molecular complexity index is 824. The monoisotopic (exact) mass is 398 g/mol. The summed E-state index contributed by atoms with van der Waals surface area (Å²) < 4.78 is 29.9. The van der Waals surface area contributed by atoms with E-state index in [4.69, 9.17) is 4.18 Å². The number of carbonyl (C=O) groups is 2. The van der Waals surface area contributed by atoms with Gasteiger partial charge in [0.15, 0.2) is 0 Å². The first kappa shape index (κ1) is 19.4. The third-order valence-corrected chi connectivity index (χ3v) is 6.50. The molecule has 148 valence electrons. The molecule has 2 fully saturated rings. The van der Waals surface area contributed by atoms with Crippen LogP contribution in [0.1, 0.15) is 24.8 Å². The van der Waals surface area contributed by atoms with Gasteiger partial charge in [0.25, 0.3) is 10.1 Å². The predicted molar refractivity (Wildman–Crippen MR) is 94.1 cm³/mol. The van der Waals surface area contributed by atoms with Crippen molar-refractivity contribution in [1.82, 2.24) is 9.80 Å². The van der Waals surface area contributed by atoms with Crippen LogP contribution in [0.3, 0.4) is 0 Å². The fourth-order valence-corrected chi connectivity index (χ4v) is 4.88. The molecule has 9 nitrogen and oxygen atoms in total. The summed E-state index contributed by atoms with van der Waals surface area (Å²) in [5, 5.41) is 18.9. The van der Waals surface area contributed by atoms with Crippen LogP contribution in [-0.2, 0) is 14.3 Å². The Morgan fingerprint density at radius 3 is 2.41 bits per heavy atom. The molecule has 2 aliphatic heterocycles. The van der Waals surface area contributed by atoms with E-state index in [0.717, 1.165) is 10.5 Å². The predicted octanol–water partition coefficient (Wildman–Crippen LogP) is 1.96. The van der Waals surface area contributed by atoms with E-state index < -0.39 is 40.4 Å². The van der Waals surface area contributed by atoms with Gasteiger partial charge in [-0.05, 0) is 38.3 Å². The van der Waals surface area contributed by atoms with Gasteiger partial charge in [0.05, 0.1) is 29.6 Å². The molecule has 2 amide bonds. The normalized spacial score (nSPS) is 25.3. The van der Waals surface area contributed by atoms with Gasteiger partial charge < -0.3 is 15.1 Å². The largest absolute Gasteiger partial charge is 0.465 e. The van der Waals surface area contributed by atoms with Crippen LogP contribution in [0.2, 0.25) is 0 Å². The Hall–Kier alpha value is -2.33. The highest BCUT2D eigenvalue weighted by Gasteiger charge is 2.49. The molecular formula is C17H22N2O7S. The highest BCUT2D eigenvalue weighted by molar-refractivity contribution is 7.86. The molecule has 0 saturated carbocycles. The summed E-state index contributed by atoms with van der Waals surface area (Å²) in [7, 11) is -4.03. The zero-order chi connectivity index (χ0) is 19.8. The Labute approximate surface area is 157 Å². The summed E-state index contributed by atoms with van der Waals surface area (Å²) in [5.74, 6) is 0. The van der Waals surface area contributed by atoms with E-state index in [9.17, 15) is 28.2 Å². The Kier molecular flexibility index (Phi) is 5.29. The number of benzene rings is 1. The Morgan fingerprint density at radius 2 is 1.81 bits per heavy atom. The molecule has 0 radical (unpaired) electrons. The minimum Gasteiger partial charge on any atom is -0.465 e. The summed E-state index contributed by atoms with van der Waals surface area (Å²) in [6.07, 6.45) is -0.971. The van der Waals surface area contributed by atoms with Crippen LogP contribution in [0.4, 0.5) is 9.59 Å². The number of amides is 2. The molecular weight excluding hydrogens is 376 g/mol. The quantitative estimate of drug-likeness (QED) is 0.743. The lowest BCUT2D eigenvalue weighted by atomic mass is 9.97. The fourth-order valence-electron chi connectivity index (χ4n) is 3.93. The lowest BCUT2D eigenvalue weighted by Crippen LogP contribution is -2.53. The zero-order valence-electron chi connectivity index (χ0n) is 14.8. The smallest absolute Gasteiger partial charge is 0.407 e. The minimum absolute atomic E-state index is 0.00227. The molecule has 0 spiro atoms. The van der Waals surface area contributed by atoms with Crippen molar-refractivity contribution in [3.8, 4) is 0 Å². The van der Waals surface area contributed by atoms with Crippen LogP contribution < -0.4 is 0 Å². The summed E-state index contributed by atoms with van der Waals surface area (Å²) in [6, 6.07) is 4.47. The number of fused-ring (bicyclic) bond motifs is 1. The molecule has 3 atom stereocenters. The van der Waals surface area contributed by atoms with Crippen LogP contribution in [0.25, 0.3) is 0 Å². The van der Waals surface area contributed by atoms with E-state index in [1.54, 1.807) is 12.1 Å². The van der Waals surface area contributed by atoms with Crippen molar-refractivity contribution >= 4 is 22.3 Å². The molecule has 3 unspecified atom stereocenters. The lowest BCUT2D eigenvalue weighted by Gasteiger charge is -2.37. The first-order chi connectivity index (χ1) is 12.7. The van der Waals surface area contributed by atoms with Crippen LogP contribution >= 0.6 is 0 Å². The third-order valence-electron chi connectivity index (χ3n) is 5.20. The van der Waals surface area contributed by atoms with E-state index >= 15 is 0 Å². The topological polar surface area (TPSA) is 124 Å². The number of hydrogen-bond acceptors (Lipinski definition) is 5. The molecule has 2 heterocycles. The van der Waals surface area contributed by atoms with Gasteiger partial charge in [-0.1, -0.05) is 17.7 Å². The highest BCUT2D eigenvalue weighted by Crippen LogP contribution is 2.35. The van der Waals surface area contributed by atoms with Gasteiger partial charge in [-0.25, -0.2) is 9.59 Å². The Balaban J connectivity index is 1.76. The van der Waals surface area contributed by atoms with Crippen molar-refractivity contribution in [3.05, 3.63) is 29.8 Å². The van der Waals surface area contributed by atoms with Gasteiger partial charge >= 0.3 is 12.2 Å². The fraction of sp³-hybridized carbons (Fsp3) is 0.529. The second-order valence-corrected chi connectivity index (χ2v) is 8.50. The first-order valence-electron chi connectivity index (χ1n) is 8.67. The van der Waals surface area contributed by atoms with Crippen LogP contribution in [0.15, 0.2) is 29.2 Å². The average Bonchev–Trinajstić information content (AvgIpc) is 2.99. The summed E-state index contributed by atoms with van der Waals surface area (Å²) >= 11 is 0. The number of hydrogen-bond donors (Lipinski definition) is 2. The molecule has 10 heteroatoms. The lowest BCUT2D eigenvalue weighted by molar-refractivity contribution is 0.0685. The van der Waals surface area contributed by atoms with E-state index in [1.165, 1.54) is 17.0 Å². The molecule has 0 aliphatic carbocycles. The number of piperidine rings is 1. The summed E-state index contributed by atoms with van der Waals surface area (Å²) in [5.41, 5.74) is 0.902. The van der Waals surface area contributed by atoms with Crippen molar-refractivity contribution in [1.29, 1.82) is 0 Å². The molecule has 3 rings (SSSR count). The zero-order valence-corrected chi connectivity index (χ0v) is 15.6. The number of nitrogens with zero attached hydrogens (tertiary/aromatic N) is 2. The standard InChI is InChI=1S/C17H22N2O7S/c1-11-4-6-13(7-5-11)27(24,25)26-10-12-9-15-14(19(12)17(22)23)3-2-8-18(15)16(20)21/h4-7,12,14-15H,2-3,8-10H2,1H3,(H,20,21)(H,22,23). The van der Waals surface area contributed by atoms with Crippen molar-refractivity contribution in [3.63, 3.8) is 0 Å². The summed E-state index contributed by atoms with van der Waals surface area (Å²) in [6.45, 7) is 1.83. The maximum absolute atomic E-state index is 12.4. The Morgan fingerprint density at radius 1 is 1.15 bits per heavy atom. The first-order valence-corrected chi connectivity index (χ1v) is 10.1. The van der Waals surface area contributed by atoms with Gasteiger partial charge in [-0.15, -0.1) is 0 Å². The molecule has 2 aliphatic rings. The SMILES string of the molecule is Cc1ccc(S(=O)(=O)OCC2CC3C(CCCN3C(=O)O)N2C(=O)O)cc1. The second-order valence-electron chi connectivity index (χ2n) is 6.88. The van der Waals surface area contributed by atoms with Crippen molar-refractivity contribution in [2.75, 3.05) is 13.2 Å². The van der Waals surface area contributed by atoms with Crippen molar-refractivity contribution in [2.45, 2.75) is 49.2 Å². The summed E-state index contributed by atoms with van der Waals surface area (Å²) in [4.78, 5) is 25.6. The number of aryl methyl sites for hydroxylation is 1. The molecule has 27 heavy (non-hydrogen) atoms. The molecule has 0 aromatic heterocycles. The third kappa shape index (κ3) is 3.86. The van der Waals surface area contributed by atoms with Crippen molar-refractivity contribution in [2.24, 2.45) is 0 Å². The molecule has 1 aromatic carbocycles. The van der Waals surface area contributed by atoms with E-state index in [2.05, 4.69) is 0 Å². The van der Waals surface area contributed by atoms with Crippen LogP contribution in [-0.4, -0.2) is 71.9 Å². The number of carboxylic acid groups (broad SMARTS) is 2. The van der Waals surface area contributed by atoms with Gasteiger partial charge in [0.2, 0.25) is 0 Å².